The van der Waals surface area contributed by atoms with Gasteiger partial charge in [0.1, 0.15) is 0 Å². The van der Waals surface area contributed by atoms with E-state index >= 15 is 0 Å². The number of nitrogens with two attached hydrogens (primary N) is 1. The molecule has 0 radical (unpaired) electrons. The second-order valence-corrected chi connectivity index (χ2v) is 6.49. The highest BCUT2D eigenvalue weighted by atomic mass is 16.5. The molecule has 114 valence electrons. The summed E-state index contributed by atoms with van der Waals surface area (Å²) in [6.07, 6.45) is 3.14. The zero-order valence-electron chi connectivity index (χ0n) is 13.7. The van der Waals surface area contributed by atoms with Gasteiger partial charge in [0.15, 0.2) is 0 Å². The molecule has 0 spiro atoms. The van der Waals surface area contributed by atoms with Crippen molar-refractivity contribution in [3.8, 4) is 0 Å². The first kappa shape index (κ1) is 17.2. The molecule has 2 nitrogen and oxygen atoms in total. The lowest BCUT2D eigenvalue weighted by Gasteiger charge is -2.32. The summed E-state index contributed by atoms with van der Waals surface area (Å²) in [6, 6.07) is 10.9. The second-order valence-electron chi connectivity index (χ2n) is 6.49. The molecule has 2 heteroatoms. The Bertz CT molecular complexity index is 374. The fourth-order valence-corrected chi connectivity index (χ4v) is 2.72. The van der Waals surface area contributed by atoms with Gasteiger partial charge in [-0.3, -0.25) is 0 Å². The standard InChI is InChI=1S/C18H31NO/c1-6-14(2)17(15-10-8-7-9-11-15)16(19)12-13-18(3,4)20-5/h7-11,14,16-17H,6,12-13,19H2,1-5H3. The Labute approximate surface area is 124 Å². The quantitative estimate of drug-likeness (QED) is 0.766. The maximum Gasteiger partial charge on any atom is 0.0623 e. The average Bonchev–Trinajstić information content (AvgIpc) is 2.46. The maximum absolute atomic E-state index is 6.53. The molecule has 3 unspecified atom stereocenters. The molecule has 1 rings (SSSR count). The van der Waals surface area contributed by atoms with Gasteiger partial charge in [-0.05, 0) is 38.2 Å². The summed E-state index contributed by atoms with van der Waals surface area (Å²) in [5.74, 6) is 1.02. The van der Waals surface area contributed by atoms with E-state index in [1.54, 1.807) is 7.11 Å². The van der Waals surface area contributed by atoms with Crippen molar-refractivity contribution in [1.82, 2.24) is 0 Å². The molecule has 3 atom stereocenters. The van der Waals surface area contributed by atoms with Crippen LogP contribution in [0.15, 0.2) is 30.3 Å². The molecule has 0 aromatic heterocycles. The van der Waals surface area contributed by atoms with Gasteiger partial charge in [-0.15, -0.1) is 0 Å². The molecule has 1 aromatic rings. The Hall–Kier alpha value is -0.860. The van der Waals surface area contributed by atoms with Crippen LogP contribution >= 0.6 is 0 Å². The van der Waals surface area contributed by atoms with Gasteiger partial charge in [0.2, 0.25) is 0 Å². The Kier molecular flexibility index (Phi) is 6.70. The molecular formula is C18H31NO. The fraction of sp³-hybridized carbons (Fsp3) is 0.667. The molecule has 0 saturated heterocycles. The van der Waals surface area contributed by atoms with E-state index in [0.29, 0.717) is 11.8 Å². The SMILES string of the molecule is CCC(C)C(c1ccccc1)C(N)CCC(C)(C)OC. The minimum Gasteiger partial charge on any atom is -0.379 e. The van der Waals surface area contributed by atoms with Crippen LogP contribution in [0.3, 0.4) is 0 Å². The molecule has 2 N–H and O–H groups in total. The Morgan fingerprint density at radius 1 is 1.20 bits per heavy atom. The van der Waals surface area contributed by atoms with E-state index in [4.69, 9.17) is 10.5 Å². The number of hydrogen-bond donors (Lipinski definition) is 1. The summed E-state index contributed by atoms with van der Waals surface area (Å²) in [4.78, 5) is 0. The minimum absolute atomic E-state index is 0.0890. The molecule has 0 amide bonds. The third kappa shape index (κ3) is 4.92. The summed E-state index contributed by atoms with van der Waals surface area (Å²) in [7, 11) is 1.77. The molecule has 0 bridgehead atoms. The Morgan fingerprint density at radius 2 is 1.80 bits per heavy atom. The van der Waals surface area contributed by atoms with Crippen LogP contribution in [0.25, 0.3) is 0 Å². The average molecular weight is 277 g/mol. The van der Waals surface area contributed by atoms with Crippen molar-refractivity contribution in [3.05, 3.63) is 35.9 Å². The highest BCUT2D eigenvalue weighted by Crippen LogP contribution is 2.32. The molecule has 0 aliphatic rings. The van der Waals surface area contributed by atoms with E-state index in [0.717, 1.165) is 19.3 Å². The van der Waals surface area contributed by atoms with Crippen molar-refractivity contribution in [2.45, 2.75) is 64.5 Å². The minimum atomic E-state index is -0.0890. The van der Waals surface area contributed by atoms with E-state index in [2.05, 4.69) is 58.0 Å². The topological polar surface area (TPSA) is 35.2 Å². The Balaban J connectivity index is 2.79. The van der Waals surface area contributed by atoms with Gasteiger partial charge in [-0.25, -0.2) is 0 Å². The second kappa shape index (κ2) is 7.80. The van der Waals surface area contributed by atoms with E-state index in [1.165, 1.54) is 5.56 Å². The van der Waals surface area contributed by atoms with E-state index in [-0.39, 0.29) is 11.6 Å². The zero-order chi connectivity index (χ0) is 15.2. The highest BCUT2D eigenvalue weighted by molar-refractivity contribution is 5.22. The first-order valence-electron chi connectivity index (χ1n) is 7.77. The van der Waals surface area contributed by atoms with Crippen LogP contribution < -0.4 is 5.73 Å². The smallest absolute Gasteiger partial charge is 0.0623 e. The molecule has 0 heterocycles. The van der Waals surface area contributed by atoms with Crippen molar-refractivity contribution in [2.75, 3.05) is 7.11 Å². The lowest BCUT2D eigenvalue weighted by molar-refractivity contribution is 0.0115. The van der Waals surface area contributed by atoms with Crippen molar-refractivity contribution in [2.24, 2.45) is 11.7 Å². The van der Waals surface area contributed by atoms with E-state index < -0.39 is 0 Å². The lowest BCUT2D eigenvalue weighted by atomic mass is 9.78. The number of ether oxygens (including phenoxy) is 1. The van der Waals surface area contributed by atoms with Crippen LogP contribution in [0.5, 0.6) is 0 Å². The molecule has 0 saturated carbocycles. The van der Waals surface area contributed by atoms with Gasteiger partial charge >= 0.3 is 0 Å². The van der Waals surface area contributed by atoms with Gasteiger partial charge in [0.05, 0.1) is 5.60 Å². The van der Waals surface area contributed by atoms with E-state index in [9.17, 15) is 0 Å². The predicted octanol–water partition coefficient (Wildman–Crippen LogP) is 4.35. The van der Waals surface area contributed by atoms with Crippen molar-refractivity contribution < 1.29 is 4.74 Å². The fourth-order valence-electron chi connectivity index (χ4n) is 2.72. The number of benzene rings is 1. The maximum atomic E-state index is 6.53. The molecule has 0 aliphatic carbocycles. The summed E-state index contributed by atoms with van der Waals surface area (Å²) in [5.41, 5.74) is 7.81. The van der Waals surface area contributed by atoms with Crippen LogP contribution in [-0.4, -0.2) is 18.8 Å². The molecule has 0 aliphatic heterocycles. The third-order valence-corrected chi connectivity index (χ3v) is 4.54. The summed E-state index contributed by atoms with van der Waals surface area (Å²) < 4.78 is 5.50. The Morgan fingerprint density at radius 3 is 2.30 bits per heavy atom. The number of rotatable bonds is 8. The molecule has 0 fully saturated rings. The van der Waals surface area contributed by atoms with Gasteiger partial charge in [0, 0.05) is 19.1 Å². The lowest BCUT2D eigenvalue weighted by Crippen LogP contribution is -2.35. The van der Waals surface area contributed by atoms with Crippen LogP contribution in [0, 0.1) is 5.92 Å². The van der Waals surface area contributed by atoms with Crippen LogP contribution in [0.2, 0.25) is 0 Å². The first-order valence-corrected chi connectivity index (χ1v) is 7.77. The normalized spacial score (nSPS) is 16.7. The number of methoxy groups -OCH3 is 1. The van der Waals surface area contributed by atoms with Crippen molar-refractivity contribution in [3.63, 3.8) is 0 Å². The van der Waals surface area contributed by atoms with Crippen molar-refractivity contribution in [1.29, 1.82) is 0 Å². The van der Waals surface area contributed by atoms with Crippen LogP contribution in [-0.2, 0) is 4.74 Å². The highest BCUT2D eigenvalue weighted by Gasteiger charge is 2.27. The molecular weight excluding hydrogens is 246 g/mol. The molecule has 1 aromatic carbocycles. The van der Waals surface area contributed by atoms with Gasteiger partial charge < -0.3 is 10.5 Å². The molecule has 20 heavy (non-hydrogen) atoms. The largest absolute Gasteiger partial charge is 0.379 e. The van der Waals surface area contributed by atoms with Gasteiger partial charge in [0.25, 0.3) is 0 Å². The van der Waals surface area contributed by atoms with Crippen LogP contribution in [0.1, 0.15) is 58.4 Å². The van der Waals surface area contributed by atoms with Crippen LogP contribution in [0.4, 0.5) is 0 Å². The van der Waals surface area contributed by atoms with E-state index in [1.807, 2.05) is 0 Å². The summed E-state index contributed by atoms with van der Waals surface area (Å²) in [6.45, 7) is 8.80. The predicted molar refractivity (Wildman–Crippen MR) is 86.9 cm³/mol. The summed E-state index contributed by atoms with van der Waals surface area (Å²) in [5, 5.41) is 0. The monoisotopic (exact) mass is 277 g/mol. The first-order chi connectivity index (χ1) is 9.41. The third-order valence-electron chi connectivity index (χ3n) is 4.54. The van der Waals surface area contributed by atoms with Crippen molar-refractivity contribution >= 4 is 0 Å². The van der Waals surface area contributed by atoms with Gasteiger partial charge in [-0.2, -0.15) is 0 Å². The zero-order valence-corrected chi connectivity index (χ0v) is 13.7. The van der Waals surface area contributed by atoms with Gasteiger partial charge in [-0.1, -0.05) is 50.6 Å². The summed E-state index contributed by atoms with van der Waals surface area (Å²) >= 11 is 0. The number of hydrogen-bond acceptors (Lipinski definition) is 2.